The van der Waals surface area contributed by atoms with Crippen LogP contribution in [-0.4, -0.2) is 14.0 Å². The lowest BCUT2D eigenvalue weighted by Gasteiger charge is -2.25. The van der Waals surface area contributed by atoms with E-state index in [9.17, 15) is 8.42 Å². The first-order valence-electron chi connectivity index (χ1n) is 6.61. The molecule has 19 heavy (non-hydrogen) atoms. The second-order valence-electron chi connectivity index (χ2n) is 5.34. The number of hydrogen-bond donors (Lipinski definition) is 2. The maximum Gasteiger partial charge on any atom is 0.241 e. The summed E-state index contributed by atoms with van der Waals surface area (Å²) in [6.07, 6.45) is 1.40. The highest BCUT2D eigenvalue weighted by Crippen LogP contribution is 2.21. The Morgan fingerprint density at radius 1 is 1.26 bits per heavy atom. The zero-order chi connectivity index (χ0) is 14.7. The molecule has 0 fully saturated rings. The number of nitrogens with one attached hydrogen (secondary N) is 1. The second kappa shape index (κ2) is 6.03. The van der Waals surface area contributed by atoms with Crippen molar-refractivity contribution >= 4 is 10.0 Å². The third-order valence-electron chi connectivity index (χ3n) is 3.33. The molecular formula is C14H24N2O2S. The molecule has 1 rings (SSSR count). The molecule has 0 unspecified atom stereocenters. The molecule has 1 aromatic carbocycles. The maximum absolute atomic E-state index is 12.5. The first-order valence-corrected chi connectivity index (χ1v) is 8.10. The van der Waals surface area contributed by atoms with E-state index in [0.717, 1.165) is 17.5 Å². The summed E-state index contributed by atoms with van der Waals surface area (Å²) in [5.41, 5.74) is 6.78. The van der Waals surface area contributed by atoms with Crippen molar-refractivity contribution in [1.82, 2.24) is 4.72 Å². The summed E-state index contributed by atoms with van der Waals surface area (Å²) in [6.45, 7) is 8.00. The lowest BCUT2D eigenvalue weighted by molar-refractivity contribution is 0.439. The Morgan fingerprint density at radius 3 is 2.37 bits per heavy atom. The highest BCUT2D eigenvalue weighted by molar-refractivity contribution is 7.89. The van der Waals surface area contributed by atoms with Gasteiger partial charge < -0.3 is 5.73 Å². The van der Waals surface area contributed by atoms with E-state index in [1.54, 1.807) is 6.07 Å². The molecule has 0 bridgehead atoms. The van der Waals surface area contributed by atoms with Crippen LogP contribution in [-0.2, 0) is 23.0 Å². The van der Waals surface area contributed by atoms with E-state index in [4.69, 9.17) is 5.73 Å². The Balaban J connectivity index is 3.27. The Morgan fingerprint density at radius 2 is 1.89 bits per heavy atom. The van der Waals surface area contributed by atoms with Crippen molar-refractivity contribution in [1.29, 1.82) is 0 Å². The van der Waals surface area contributed by atoms with Crippen molar-refractivity contribution in [3.63, 3.8) is 0 Å². The van der Waals surface area contributed by atoms with Gasteiger partial charge in [0.15, 0.2) is 0 Å². The number of rotatable bonds is 6. The van der Waals surface area contributed by atoms with Gasteiger partial charge in [-0.2, -0.15) is 0 Å². The molecule has 0 atom stereocenters. The van der Waals surface area contributed by atoms with Crippen molar-refractivity contribution in [2.75, 3.05) is 0 Å². The van der Waals surface area contributed by atoms with Crippen molar-refractivity contribution in [3.05, 3.63) is 29.3 Å². The van der Waals surface area contributed by atoms with Crippen molar-refractivity contribution in [3.8, 4) is 0 Å². The quantitative estimate of drug-likeness (QED) is 0.841. The van der Waals surface area contributed by atoms with Crippen molar-refractivity contribution < 1.29 is 8.42 Å². The van der Waals surface area contributed by atoms with Gasteiger partial charge in [0.2, 0.25) is 10.0 Å². The molecule has 0 radical (unpaired) electrons. The molecular weight excluding hydrogens is 260 g/mol. The van der Waals surface area contributed by atoms with Gasteiger partial charge >= 0.3 is 0 Å². The Hall–Kier alpha value is -0.910. The highest BCUT2D eigenvalue weighted by atomic mass is 32.2. The van der Waals surface area contributed by atoms with Crippen molar-refractivity contribution in [2.24, 2.45) is 5.73 Å². The molecule has 0 amide bonds. The minimum Gasteiger partial charge on any atom is -0.326 e. The summed E-state index contributed by atoms with van der Waals surface area (Å²) in [5.74, 6) is 0. The van der Waals surface area contributed by atoms with Crippen LogP contribution in [0.2, 0.25) is 0 Å². The molecule has 0 saturated heterocycles. The van der Waals surface area contributed by atoms with Crippen LogP contribution in [0.3, 0.4) is 0 Å². The molecule has 4 nitrogen and oxygen atoms in total. The molecule has 0 heterocycles. The van der Waals surface area contributed by atoms with E-state index in [1.807, 2.05) is 39.8 Å². The lowest BCUT2D eigenvalue weighted by atomic mass is 10.0. The first kappa shape index (κ1) is 16.1. The smallest absolute Gasteiger partial charge is 0.241 e. The monoisotopic (exact) mass is 284 g/mol. The third kappa shape index (κ3) is 4.03. The predicted molar refractivity (Wildman–Crippen MR) is 78.4 cm³/mol. The molecule has 0 aliphatic rings. The normalized spacial score (nSPS) is 12.7. The summed E-state index contributed by atoms with van der Waals surface area (Å²) in [7, 11) is -3.51. The highest BCUT2D eigenvalue weighted by Gasteiger charge is 2.26. The zero-order valence-corrected chi connectivity index (χ0v) is 13.0. The van der Waals surface area contributed by atoms with Gasteiger partial charge in [-0.3, -0.25) is 0 Å². The SMILES string of the molecule is CCc1ccc(CN)cc1S(=O)(=O)NC(C)(C)CC. The van der Waals surface area contributed by atoms with E-state index in [0.29, 0.717) is 17.9 Å². The largest absolute Gasteiger partial charge is 0.326 e. The third-order valence-corrected chi connectivity index (χ3v) is 5.11. The molecule has 108 valence electrons. The molecule has 0 saturated carbocycles. The molecule has 0 spiro atoms. The minimum atomic E-state index is -3.51. The van der Waals surface area contributed by atoms with Gasteiger partial charge in [0.25, 0.3) is 0 Å². The summed E-state index contributed by atoms with van der Waals surface area (Å²) in [4.78, 5) is 0.347. The molecule has 5 heteroatoms. The van der Waals surface area contributed by atoms with Gasteiger partial charge in [0.1, 0.15) is 0 Å². The first-order chi connectivity index (χ1) is 8.75. The van der Waals surface area contributed by atoms with E-state index in [2.05, 4.69) is 4.72 Å². The van der Waals surface area contributed by atoms with E-state index < -0.39 is 15.6 Å². The van der Waals surface area contributed by atoms with Gasteiger partial charge in [0, 0.05) is 12.1 Å². The van der Waals surface area contributed by atoms with Crippen LogP contribution in [0.25, 0.3) is 0 Å². The second-order valence-corrected chi connectivity index (χ2v) is 6.99. The Bertz CT molecular complexity index is 536. The topological polar surface area (TPSA) is 72.2 Å². The summed E-state index contributed by atoms with van der Waals surface area (Å²) < 4.78 is 27.8. The van der Waals surface area contributed by atoms with Gasteiger partial charge in [-0.25, -0.2) is 13.1 Å². The molecule has 0 aromatic heterocycles. The summed E-state index contributed by atoms with van der Waals surface area (Å²) >= 11 is 0. The van der Waals surface area contributed by atoms with E-state index in [-0.39, 0.29) is 0 Å². The van der Waals surface area contributed by atoms with Gasteiger partial charge in [0.05, 0.1) is 4.90 Å². The number of benzene rings is 1. The average Bonchev–Trinajstić information content (AvgIpc) is 2.36. The number of nitrogens with two attached hydrogens (primary N) is 1. The van der Waals surface area contributed by atoms with Crippen LogP contribution in [0, 0.1) is 0 Å². The summed E-state index contributed by atoms with van der Waals surface area (Å²) in [6, 6.07) is 5.39. The molecule has 3 N–H and O–H groups in total. The fraction of sp³-hybridized carbons (Fsp3) is 0.571. The van der Waals surface area contributed by atoms with Crippen LogP contribution in [0.1, 0.15) is 45.2 Å². The number of hydrogen-bond acceptors (Lipinski definition) is 3. The zero-order valence-electron chi connectivity index (χ0n) is 12.2. The fourth-order valence-corrected chi connectivity index (χ4v) is 3.60. The average molecular weight is 284 g/mol. The molecule has 0 aliphatic carbocycles. The van der Waals surface area contributed by atoms with Crippen LogP contribution in [0.5, 0.6) is 0 Å². The van der Waals surface area contributed by atoms with E-state index >= 15 is 0 Å². The summed E-state index contributed by atoms with van der Waals surface area (Å²) in [5, 5.41) is 0. The number of sulfonamides is 1. The van der Waals surface area contributed by atoms with Crippen LogP contribution in [0.15, 0.2) is 23.1 Å². The van der Waals surface area contributed by atoms with Gasteiger partial charge in [-0.05, 0) is 43.9 Å². The maximum atomic E-state index is 12.5. The lowest BCUT2D eigenvalue weighted by Crippen LogP contribution is -2.42. The molecule has 1 aromatic rings. The van der Waals surface area contributed by atoms with E-state index in [1.165, 1.54) is 0 Å². The Labute approximate surface area is 116 Å². The minimum absolute atomic E-state index is 0.337. The molecule has 0 aliphatic heterocycles. The standard InChI is InChI=1S/C14H24N2O2S/c1-5-12-8-7-11(10-15)9-13(12)19(17,18)16-14(3,4)6-2/h7-9,16H,5-6,10,15H2,1-4H3. The van der Waals surface area contributed by atoms with Gasteiger partial charge in [-0.1, -0.05) is 26.0 Å². The van der Waals surface area contributed by atoms with Crippen LogP contribution < -0.4 is 10.5 Å². The van der Waals surface area contributed by atoms with Crippen LogP contribution >= 0.6 is 0 Å². The van der Waals surface area contributed by atoms with Crippen LogP contribution in [0.4, 0.5) is 0 Å². The fourth-order valence-electron chi connectivity index (χ4n) is 1.76. The van der Waals surface area contributed by atoms with Gasteiger partial charge in [-0.15, -0.1) is 0 Å². The van der Waals surface area contributed by atoms with Crippen molar-refractivity contribution in [2.45, 2.75) is 57.5 Å². The Kier molecular flexibility index (Phi) is 5.12. The number of aryl methyl sites for hydroxylation is 1. The predicted octanol–water partition coefficient (Wildman–Crippen LogP) is 2.17.